The van der Waals surface area contributed by atoms with Crippen molar-refractivity contribution in [2.75, 3.05) is 26.2 Å². The van der Waals surface area contributed by atoms with Gasteiger partial charge in [0.25, 0.3) is 5.91 Å². The summed E-state index contributed by atoms with van der Waals surface area (Å²) < 4.78 is 9.63. The minimum absolute atomic E-state index is 0.00131. The van der Waals surface area contributed by atoms with Crippen LogP contribution in [0.4, 0.5) is 4.79 Å². The van der Waals surface area contributed by atoms with E-state index in [2.05, 4.69) is 15.4 Å². The zero-order chi connectivity index (χ0) is 23.0. The molecule has 0 aromatic heterocycles. The highest BCUT2D eigenvalue weighted by Crippen LogP contribution is 2.25. The molecular weight excluding hydrogens is 402 g/mol. The summed E-state index contributed by atoms with van der Waals surface area (Å²) in [4.78, 5) is 49.6. The summed E-state index contributed by atoms with van der Waals surface area (Å²) in [5.41, 5.74) is 0.131. The number of nitrogens with zero attached hydrogens (tertiary/aromatic N) is 1. The average Bonchev–Trinajstić information content (AvgIpc) is 3.10. The maximum absolute atomic E-state index is 12.3. The van der Waals surface area contributed by atoms with Gasteiger partial charge >= 0.3 is 6.16 Å². The SMILES string of the molecule is CCOC(=O)Oc1ccc(C(=O)NCCCNC(=O)C2CC(=O)N(C(C)(C)C)C2)cc1. The van der Waals surface area contributed by atoms with Gasteiger partial charge in [0.05, 0.1) is 12.5 Å². The van der Waals surface area contributed by atoms with Crippen LogP contribution in [0.25, 0.3) is 0 Å². The first-order chi connectivity index (χ1) is 14.6. The van der Waals surface area contributed by atoms with Gasteiger partial charge in [-0.1, -0.05) is 0 Å². The van der Waals surface area contributed by atoms with E-state index in [0.717, 1.165) is 0 Å². The third-order valence-electron chi connectivity index (χ3n) is 4.82. The molecule has 1 unspecified atom stereocenters. The zero-order valence-corrected chi connectivity index (χ0v) is 18.5. The minimum Gasteiger partial charge on any atom is -0.434 e. The first-order valence-electron chi connectivity index (χ1n) is 10.4. The molecular formula is C22H31N3O6. The van der Waals surface area contributed by atoms with Crippen LogP contribution < -0.4 is 15.4 Å². The van der Waals surface area contributed by atoms with Gasteiger partial charge in [-0.2, -0.15) is 0 Å². The lowest BCUT2D eigenvalue weighted by Crippen LogP contribution is -2.43. The van der Waals surface area contributed by atoms with E-state index in [4.69, 9.17) is 4.74 Å². The van der Waals surface area contributed by atoms with Gasteiger partial charge in [-0.15, -0.1) is 0 Å². The molecule has 1 atom stereocenters. The molecule has 1 aliphatic heterocycles. The van der Waals surface area contributed by atoms with E-state index in [1.54, 1.807) is 24.0 Å². The van der Waals surface area contributed by atoms with Gasteiger partial charge in [-0.05, 0) is 58.4 Å². The number of benzene rings is 1. The number of rotatable bonds is 8. The van der Waals surface area contributed by atoms with Crippen molar-refractivity contribution in [3.63, 3.8) is 0 Å². The number of carbonyl (C=O) groups is 4. The molecule has 2 rings (SSSR count). The Hall–Kier alpha value is -3.10. The summed E-state index contributed by atoms with van der Waals surface area (Å²) in [7, 11) is 0. The summed E-state index contributed by atoms with van der Waals surface area (Å²) in [6, 6.07) is 6.11. The summed E-state index contributed by atoms with van der Waals surface area (Å²) in [6.45, 7) is 8.98. The predicted molar refractivity (Wildman–Crippen MR) is 114 cm³/mol. The van der Waals surface area contributed by atoms with Crippen LogP contribution in [0.2, 0.25) is 0 Å². The standard InChI is InChI=1S/C22H31N3O6/c1-5-30-21(29)31-17-9-7-15(8-10-17)19(27)23-11-6-12-24-20(28)16-13-18(26)25(14-16)22(2,3)4/h7-10,16H,5-6,11-14H2,1-4H3,(H,23,27)(H,24,28). The fourth-order valence-electron chi connectivity index (χ4n) is 3.20. The van der Waals surface area contributed by atoms with Crippen molar-refractivity contribution >= 4 is 23.9 Å². The number of amides is 3. The van der Waals surface area contributed by atoms with Gasteiger partial charge in [-0.25, -0.2) is 4.79 Å². The summed E-state index contributed by atoms with van der Waals surface area (Å²) in [5.74, 6) is -0.455. The van der Waals surface area contributed by atoms with Crippen LogP contribution in [0.3, 0.4) is 0 Å². The van der Waals surface area contributed by atoms with Crippen molar-refractivity contribution < 1.29 is 28.7 Å². The largest absolute Gasteiger partial charge is 0.513 e. The Morgan fingerprint density at radius 1 is 1.10 bits per heavy atom. The number of nitrogens with one attached hydrogen (secondary N) is 2. The topological polar surface area (TPSA) is 114 Å². The molecule has 170 valence electrons. The van der Waals surface area contributed by atoms with E-state index < -0.39 is 6.16 Å². The fraction of sp³-hybridized carbons (Fsp3) is 0.545. The maximum Gasteiger partial charge on any atom is 0.513 e. The number of ether oxygens (including phenoxy) is 2. The third kappa shape index (κ3) is 7.27. The molecule has 1 aromatic carbocycles. The number of hydrogen-bond acceptors (Lipinski definition) is 6. The highest BCUT2D eigenvalue weighted by molar-refractivity contribution is 5.94. The molecule has 0 aliphatic carbocycles. The van der Waals surface area contributed by atoms with E-state index in [1.165, 1.54) is 12.1 Å². The minimum atomic E-state index is -0.796. The van der Waals surface area contributed by atoms with Gasteiger partial charge in [0.15, 0.2) is 0 Å². The third-order valence-corrected chi connectivity index (χ3v) is 4.82. The van der Waals surface area contributed by atoms with E-state index in [1.807, 2.05) is 20.8 Å². The van der Waals surface area contributed by atoms with Gasteiger partial charge in [-0.3, -0.25) is 14.4 Å². The van der Waals surface area contributed by atoms with Crippen molar-refractivity contribution in [2.45, 2.75) is 46.1 Å². The number of carbonyl (C=O) groups excluding carboxylic acids is 4. The van der Waals surface area contributed by atoms with Gasteiger partial charge in [0.2, 0.25) is 11.8 Å². The molecule has 31 heavy (non-hydrogen) atoms. The van der Waals surface area contributed by atoms with Crippen LogP contribution in [0, 0.1) is 5.92 Å². The average molecular weight is 434 g/mol. The van der Waals surface area contributed by atoms with Crippen LogP contribution in [0.15, 0.2) is 24.3 Å². The van der Waals surface area contributed by atoms with Gasteiger partial charge in [0, 0.05) is 37.2 Å². The van der Waals surface area contributed by atoms with E-state index in [0.29, 0.717) is 31.6 Å². The van der Waals surface area contributed by atoms with Gasteiger partial charge in [0.1, 0.15) is 5.75 Å². The first kappa shape index (κ1) is 24.2. The monoisotopic (exact) mass is 433 g/mol. The molecule has 1 aromatic rings. The maximum atomic E-state index is 12.3. The Morgan fingerprint density at radius 2 is 1.74 bits per heavy atom. The molecule has 1 aliphatic rings. The highest BCUT2D eigenvalue weighted by atomic mass is 16.7. The van der Waals surface area contributed by atoms with Gasteiger partial charge < -0.3 is 25.0 Å². The Balaban J connectivity index is 1.67. The molecule has 1 heterocycles. The van der Waals surface area contributed by atoms with Crippen LogP contribution in [-0.2, 0) is 14.3 Å². The molecule has 0 radical (unpaired) electrons. The second-order valence-corrected chi connectivity index (χ2v) is 8.29. The molecule has 0 spiro atoms. The predicted octanol–water partition coefficient (Wildman–Crippen LogP) is 2.10. The zero-order valence-electron chi connectivity index (χ0n) is 18.5. The van der Waals surface area contributed by atoms with Crippen molar-refractivity contribution in [3.8, 4) is 5.75 Å². The first-order valence-corrected chi connectivity index (χ1v) is 10.4. The van der Waals surface area contributed by atoms with Crippen LogP contribution in [-0.4, -0.2) is 60.6 Å². The smallest absolute Gasteiger partial charge is 0.434 e. The Kier molecular flexibility index (Phi) is 8.41. The summed E-state index contributed by atoms with van der Waals surface area (Å²) in [5, 5.41) is 5.61. The molecule has 1 saturated heterocycles. The normalized spacial score (nSPS) is 16.1. The van der Waals surface area contributed by atoms with Crippen LogP contribution >= 0.6 is 0 Å². The molecule has 2 N–H and O–H groups in total. The molecule has 9 nitrogen and oxygen atoms in total. The molecule has 9 heteroatoms. The quantitative estimate of drug-likeness (QED) is 0.369. The Labute approximate surface area is 182 Å². The van der Waals surface area contributed by atoms with Crippen LogP contribution in [0.5, 0.6) is 5.75 Å². The lowest BCUT2D eigenvalue weighted by molar-refractivity contribution is -0.132. The molecule has 3 amide bonds. The van der Waals surface area contributed by atoms with Crippen LogP contribution in [0.1, 0.15) is 50.9 Å². The molecule has 0 saturated carbocycles. The van der Waals surface area contributed by atoms with Crippen molar-refractivity contribution in [2.24, 2.45) is 5.92 Å². The van der Waals surface area contributed by atoms with E-state index in [-0.39, 0.29) is 48.0 Å². The Bertz CT molecular complexity index is 800. The Morgan fingerprint density at radius 3 is 2.32 bits per heavy atom. The number of hydrogen-bond donors (Lipinski definition) is 2. The second-order valence-electron chi connectivity index (χ2n) is 8.29. The van der Waals surface area contributed by atoms with E-state index in [9.17, 15) is 19.2 Å². The van der Waals surface area contributed by atoms with E-state index >= 15 is 0 Å². The van der Waals surface area contributed by atoms with Crippen molar-refractivity contribution in [1.29, 1.82) is 0 Å². The van der Waals surface area contributed by atoms with Crippen molar-refractivity contribution in [1.82, 2.24) is 15.5 Å². The second kappa shape index (κ2) is 10.8. The summed E-state index contributed by atoms with van der Waals surface area (Å²) in [6.07, 6.45) is -0.00389. The molecule has 1 fully saturated rings. The molecule has 0 bridgehead atoms. The lowest BCUT2D eigenvalue weighted by atomic mass is 10.1. The van der Waals surface area contributed by atoms with Crippen molar-refractivity contribution in [3.05, 3.63) is 29.8 Å². The number of likely N-dealkylation sites (tertiary alicyclic amines) is 1. The lowest BCUT2D eigenvalue weighted by Gasteiger charge is -2.31. The summed E-state index contributed by atoms with van der Waals surface area (Å²) >= 11 is 0. The highest BCUT2D eigenvalue weighted by Gasteiger charge is 2.39. The fourth-order valence-corrected chi connectivity index (χ4v) is 3.20.